The molecule has 3 rings (SSSR count). The van der Waals surface area contributed by atoms with Crippen LogP contribution in [0.15, 0.2) is 0 Å². The highest BCUT2D eigenvalue weighted by molar-refractivity contribution is 5.79. The van der Waals surface area contributed by atoms with Crippen LogP contribution in [0.3, 0.4) is 0 Å². The van der Waals surface area contributed by atoms with E-state index in [1.165, 1.54) is 6.42 Å². The number of likely N-dealkylation sites (tertiary alicyclic amines) is 1. The fourth-order valence-electron chi connectivity index (χ4n) is 3.78. The fourth-order valence-corrected chi connectivity index (χ4v) is 3.78. The quantitative estimate of drug-likeness (QED) is 0.758. The van der Waals surface area contributed by atoms with E-state index in [0.29, 0.717) is 30.2 Å². The summed E-state index contributed by atoms with van der Waals surface area (Å²) in [7, 11) is 0. The summed E-state index contributed by atoms with van der Waals surface area (Å²) in [6.45, 7) is 2.11. The minimum atomic E-state index is 0.220. The van der Waals surface area contributed by atoms with Gasteiger partial charge in [0.05, 0.1) is 0 Å². The Morgan fingerprint density at radius 2 is 2.00 bits per heavy atom. The van der Waals surface area contributed by atoms with Crippen molar-refractivity contribution in [2.75, 3.05) is 13.1 Å². The molecule has 100 valence electrons. The van der Waals surface area contributed by atoms with E-state index in [-0.39, 0.29) is 5.91 Å². The first kappa shape index (κ1) is 12.2. The summed E-state index contributed by atoms with van der Waals surface area (Å²) in [5, 5.41) is 3.12. The lowest BCUT2D eigenvalue weighted by atomic mass is 9.83. The molecule has 0 spiro atoms. The molecule has 1 amide bonds. The molecule has 2 aliphatic heterocycles. The molecule has 4 nitrogen and oxygen atoms in total. The molecule has 3 aliphatic rings. The van der Waals surface area contributed by atoms with Crippen LogP contribution < -0.4 is 5.32 Å². The fraction of sp³-hybridized carbons (Fsp3) is 0.857. The monoisotopic (exact) mass is 250 g/mol. The predicted octanol–water partition coefficient (Wildman–Crippen LogP) is 1.10. The third-order valence-corrected chi connectivity index (χ3v) is 4.83. The van der Waals surface area contributed by atoms with Crippen molar-refractivity contribution in [2.45, 2.75) is 57.0 Å². The lowest BCUT2D eigenvalue weighted by Crippen LogP contribution is -2.56. The summed E-state index contributed by atoms with van der Waals surface area (Å²) in [6, 6.07) is 0.867. The molecule has 3 atom stereocenters. The van der Waals surface area contributed by atoms with Crippen LogP contribution in [0.25, 0.3) is 0 Å². The Labute approximate surface area is 108 Å². The molecule has 3 unspecified atom stereocenters. The van der Waals surface area contributed by atoms with Crippen LogP contribution in [0.2, 0.25) is 0 Å². The zero-order chi connectivity index (χ0) is 12.5. The normalized spacial score (nSPS) is 38.1. The number of fused-ring (bicyclic) bond motifs is 1. The molecule has 1 aliphatic carbocycles. The first-order valence-electron chi connectivity index (χ1n) is 7.27. The van der Waals surface area contributed by atoms with Gasteiger partial charge in [-0.2, -0.15) is 0 Å². The first-order valence-corrected chi connectivity index (χ1v) is 7.27. The largest absolute Gasteiger partial charge is 0.353 e. The van der Waals surface area contributed by atoms with Crippen molar-refractivity contribution in [1.82, 2.24) is 10.2 Å². The Hall–Kier alpha value is -0.900. The number of hydrogen-bond acceptors (Lipinski definition) is 3. The molecule has 1 saturated carbocycles. The minimum absolute atomic E-state index is 0.220. The standard InChI is InChI=1S/C14H22N2O2/c17-12-3-1-2-11(8-12)16-7-6-13-10(9-16)4-5-14(18)15-13/h10-11,13H,1-9H2,(H,15,18). The summed E-state index contributed by atoms with van der Waals surface area (Å²) in [5.74, 6) is 1.26. The maximum absolute atomic E-state index is 11.6. The van der Waals surface area contributed by atoms with Gasteiger partial charge in [-0.05, 0) is 31.6 Å². The van der Waals surface area contributed by atoms with Gasteiger partial charge in [-0.25, -0.2) is 0 Å². The van der Waals surface area contributed by atoms with Crippen molar-refractivity contribution < 1.29 is 9.59 Å². The van der Waals surface area contributed by atoms with Crippen molar-refractivity contribution in [2.24, 2.45) is 5.92 Å². The van der Waals surface area contributed by atoms with Gasteiger partial charge in [-0.15, -0.1) is 0 Å². The molecule has 3 fully saturated rings. The molecular weight excluding hydrogens is 228 g/mol. The van der Waals surface area contributed by atoms with E-state index in [4.69, 9.17) is 0 Å². The smallest absolute Gasteiger partial charge is 0.220 e. The molecule has 0 bridgehead atoms. The first-order chi connectivity index (χ1) is 8.72. The van der Waals surface area contributed by atoms with Gasteiger partial charge in [0, 0.05) is 44.4 Å². The Balaban J connectivity index is 1.60. The molecule has 4 heteroatoms. The highest BCUT2D eigenvalue weighted by Gasteiger charge is 2.36. The summed E-state index contributed by atoms with van der Waals surface area (Å²) in [5.41, 5.74) is 0. The number of Topliss-reactive ketones (excluding diaryl/α,β-unsaturated/α-hetero) is 1. The molecule has 0 radical (unpaired) electrons. The maximum Gasteiger partial charge on any atom is 0.220 e. The van der Waals surface area contributed by atoms with Crippen LogP contribution in [0.5, 0.6) is 0 Å². The molecule has 0 aromatic rings. The number of rotatable bonds is 1. The van der Waals surface area contributed by atoms with Gasteiger partial charge >= 0.3 is 0 Å². The van der Waals surface area contributed by atoms with E-state index in [1.54, 1.807) is 0 Å². The van der Waals surface area contributed by atoms with Gasteiger partial charge in [-0.1, -0.05) is 0 Å². The predicted molar refractivity (Wildman–Crippen MR) is 68.1 cm³/mol. The third kappa shape index (κ3) is 2.44. The number of nitrogens with zero attached hydrogens (tertiary/aromatic N) is 1. The van der Waals surface area contributed by atoms with E-state index in [9.17, 15) is 9.59 Å². The number of amides is 1. The molecule has 1 N–H and O–H groups in total. The van der Waals surface area contributed by atoms with Crippen LogP contribution in [-0.2, 0) is 9.59 Å². The van der Waals surface area contributed by atoms with Crippen molar-refractivity contribution in [1.29, 1.82) is 0 Å². The highest BCUT2D eigenvalue weighted by Crippen LogP contribution is 2.29. The molecule has 18 heavy (non-hydrogen) atoms. The number of hydrogen-bond donors (Lipinski definition) is 1. The summed E-state index contributed by atoms with van der Waals surface area (Å²) < 4.78 is 0. The van der Waals surface area contributed by atoms with E-state index in [2.05, 4.69) is 10.2 Å². The average Bonchev–Trinajstić information content (AvgIpc) is 2.38. The van der Waals surface area contributed by atoms with Crippen LogP contribution in [0, 0.1) is 5.92 Å². The van der Waals surface area contributed by atoms with Crippen molar-refractivity contribution in [3.63, 3.8) is 0 Å². The lowest BCUT2D eigenvalue weighted by molar-refractivity contribution is -0.125. The van der Waals surface area contributed by atoms with Crippen molar-refractivity contribution >= 4 is 11.7 Å². The number of carbonyl (C=O) groups excluding carboxylic acids is 2. The number of ketones is 1. The molecule has 2 saturated heterocycles. The van der Waals surface area contributed by atoms with Crippen LogP contribution >= 0.6 is 0 Å². The third-order valence-electron chi connectivity index (χ3n) is 4.83. The van der Waals surface area contributed by atoms with E-state index in [1.807, 2.05) is 0 Å². The Morgan fingerprint density at radius 3 is 2.83 bits per heavy atom. The summed E-state index contributed by atoms with van der Waals surface area (Å²) in [6.07, 6.45) is 6.53. The number of carbonyl (C=O) groups is 2. The summed E-state index contributed by atoms with van der Waals surface area (Å²) >= 11 is 0. The second-order valence-corrected chi connectivity index (χ2v) is 6.05. The van der Waals surface area contributed by atoms with Gasteiger partial charge in [-0.3, -0.25) is 14.5 Å². The zero-order valence-corrected chi connectivity index (χ0v) is 10.9. The molecule has 0 aromatic heterocycles. The molecule has 2 heterocycles. The van der Waals surface area contributed by atoms with Gasteiger partial charge in [0.1, 0.15) is 5.78 Å². The van der Waals surface area contributed by atoms with Crippen molar-refractivity contribution in [3.8, 4) is 0 Å². The van der Waals surface area contributed by atoms with Gasteiger partial charge in [0.2, 0.25) is 5.91 Å². The highest BCUT2D eigenvalue weighted by atomic mass is 16.1. The van der Waals surface area contributed by atoms with Gasteiger partial charge in [0.25, 0.3) is 0 Å². The van der Waals surface area contributed by atoms with E-state index >= 15 is 0 Å². The lowest BCUT2D eigenvalue weighted by Gasteiger charge is -2.45. The maximum atomic E-state index is 11.6. The second kappa shape index (κ2) is 5.00. The SMILES string of the molecule is O=C1CCCC(N2CCC3NC(=O)CCC3C2)C1. The Kier molecular flexibility index (Phi) is 3.37. The second-order valence-electron chi connectivity index (χ2n) is 6.05. The molecular formula is C14H22N2O2. The van der Waals surface area contributed by atoms with Crippen LogP contribution in [0.4, 0.5) is 0 Å². The van der Waals surface area contributed by atoms with Gasteiger partial charge < -0.3 is 5.32 Å². The minimum Gasteiger partial charge on any atom is -0.353 e. The zero-order valence-electron chi connectivity index (χ0n) is 10.9. The summed E-state index contributed by atoms with van der Waals surface area (Å²) in [4.78, 5) is 25.4. The van der Waals surface area contributed by atoms with Crippen LogP contribution in [0.1, 0.15) is 44.9 Å². The Morgan fingerprint density at radius 1 is 1.11 bits per heavy atom. The van der Waals surface area contributed by atoms with Crippen LogP contribution in [-0.4, -0.2) is 41.8 Å². The Bertz CT molecular complexity index is 356. The number of piperidine rings is 2. The topological polar surface area (TPSA) is 49.4 Å². The molecule has 0 aromatic carbocycles. The number of nitrogens with one attached hydrogen (secondary N) is 1. The van der Waals surface area contributed by atoms with Gasteiger partial charge in [0.15, 0.2) is 0 Å². The van der Waals surface area contributed by atoms with E-state index in [0.717, 1.165) is 45.2 Å². The van der Waals surface area contributed by atoms with Crippen molar-refractivity contribution in [3.05, 3.63) is 0 Å². The van der Waals surface area contributed by atoms with E-state index < -0.39 is 0 Å². The average molecular weight is 250 g/mol.